The maximum absolute atomic E-state index is 4.05. The van der Waals surface area contributed by atoms with Crippen molar-refractivity contribution in [3.63, 3.8) is 0 Å². The second-order valence-corrected chi connectivity index (χ2v) is 2.86. The van der Waals surface area contributed by atoms with Gasteiger partial charge < -0.3 is 10.6 Å². The molecule has 1 aromatic rings. The zero-order chi connectivity index (χ0) is 8.23. The van der Waals surface area contributed by atoms with Crippen molar-refractivity contribution >= 4 is 0 Å². The van der Waals surface area contributed by atoms with E-state index < -0.39 is 0 Å². The molecule has 0 saturated carbocycles. The van der Waals surface area contributed by atoms with Crippen molar-refractivity contribution in [2.45, 2.75) is 6.04 Å². The fraction of sp³-hybridized carbons (Fsp3) is 0.500. The molecule has 0 aromatic carbocycles. The van der Waals surface area contributed by atoms with Crippen LogP contribution in [0.15, 0.2) is 18.3 Å². The van der Waals surface area contributed by atoms with E-state index >= 15 is 0 Å². The Labute approximate surface area is 71.4 Å². The van der Waals surface area contributed by atoms with Crippen LogP contribution in [0.25, 0.3) is 0 Å². The van der Waals surface area contributed by atoms with Gasteiger partial charge in [0.15, 0.2) is 0 Å². The third-order valence-electron chi connectivity index (χ3n) is 1.99. The molecule has 64 valence electrons. The molecule has 1 atom stereocenters. The maximum Gasteiger partial charge on any atom is 0.0813 e. The quantitative estimate of drug-likeness (QED) is 0.599. The van der Waals surface area contributed by atoms with Crippen LogP contribution in [0.2, 0.25) is 0 Å². The van der Waals surface area contributed by atoms with Crippen LogP contribution in [-0.4, -0.2) is 29.8 Å². The lowest BCUT2D eigenvalue weighted by Crippen LogP contribution is -2.43. The maximum atomic E-state index is 4.05. The smallest absolute Gasteiger partial charge is 0.0813 e. The summed E-state index contributed by atoms with van der Waals surface area (Å²) in [4.78, 5) is 0. The standard InChI is InChI=1S/C8H12N4/c1-2-7(12-11-3-1)8-6-9-4-5-10-8/h1-3,8-10H,4-6H2. The second kappa shape index (κ2) is 3.60. The normalized spacial score (nSPS) is 23.8. The van der Waals surface area contributed by atoms with Crippen molar-refractivity contribution < 1.29 is 0 Å². The Morgan fingerprint density at radius 2 is 2.42 bits per heavy atom. The van der Waals surface area contributed by atoms with E-state index in [-0.39, 0.29) is 0 Å². The highest BCUT2D eigenvalue weighted by Crippen LogP contribution is 2.08. The van der Waals surface area contributed by atoms with Crippen LogP contribution in [0.4, 0.5) is 0 Å². The summed E-state index contributed by atoms with van der Waals surface area (Å²) in [6.07, 6.45) is 1.69. The lowest BCUT2D eigenvalue weighted by atomic mass is 10.1. The van der Waals surface area contributed by atoms with Crippen molar-refractivity contribution in [2.24, 2.45) is 0 Å². The molecule has 4 heteroatoms. The fourth-order valence-corrected chi connectivity index (χ4v) is 1.36. The van der Waals surface area contributed by atoms with Crippen LogP contribution < -0.4 is 10.6 Å². The van der Waals surface area contributed by atoms with Crippen molar-refractivity contribution in [1.29, 1.82) is 0 Å². The van der Waals surface area contributed by atoms with Crippen molar-refractivity contribution in [2.75, 3.05) is 19.6 Å². The topological polar surface area (TPSA) is 49.8 Å². The summed E-state index contributed by atoms with van der Waals surface area (Å²) < 4.78 is 0. The van der Waals surface area contributed by atoms with Crippen LogP contribution in [0.3, 0.4) is 0 Å². The number of rotatable bonds is 1. The average Bonchev–Trinajstić information content (AvgIpc) is 2.21. The lowest BCUT2D eigenvalue weighted by Gasteiger charge is -2.23. The van der Waals surface area contributed by atoms with Gasteiger partial charge >= 0.3 is 0 Å². The Balaban J connectivity index is 2.08. The number of piperazine rings is 1. The highest BCUT2D eigenvalue weighted by molar-refractivity contribution is 5.06. The number of nitrogens with one attached hydrogen (secondary N) is 2. The van der Waals surface area contributed by atoms with Crippen LogP contribution >= 0.6 is 0 Å². The molecule has 0 amide bonds. The van der Waals surface area contributed by atoms with Crippen LogP contribution in [0.5, 0.6) is 0 Å². The van der Waals surface area contributed by atoms with Crippen LogP contribution in [-0.2, 0) is 0 Å². The number of hydrogen-bond acceptors (Lipinski definition) is 4. The van der Waals surface area contributed by atoms with Crippen molar-refractivity contribution in [1.82, 2.24) is 20.8 Å². The van der Waals surface area contributed by atoms with Gasteiger partial charge in [0.2, 0.25) is 0 Å². The molecule has 0 bridgehead atoms. The molecule has 1 aromatic heterocycles. The van der Waals surface area contributed by atoms with Crippen LogP contribution in [0, 0.1) is 0 Å². The van der Waals surface area contributed by atoms with Gasteiger partial charge in [-0.15, -0.1) is 0 Å². The van der Waals surface area contributed by atoms with E-state index in [2.05, 4.69) is 20.8 Å². The first kappa shape index (κ1) is 7.64. The minimum Gasteiger partial charge on any atom is -0.314 e. The summed E-state index contributed by atoms with van der Waals surface area (Å²) in [6, 6.07) is 4.24. The molecule has 4 nitrogen and oxygen atoms in total. The van der Waals surface area contributed by atoms with E-state index in [1.807, 2.05) is 12.1 Å². The zero-order valence-corrected chi connectivity index (χ0v) is 6.83. The average molecular weight is 164 g/mol. The molecule has 12 heavy (non-hydrogen) atoms. The van der Waals surface area contributed by atoms with Gasteiger partial charge in [-0.1, -0.05) is 0 Å². The summed E-state index contributed by atoms with van der Waals surface area (Å²) in [5, 5.41) is 14.6. The highest BCUT2D eigenvalue weighted by atomic mass is 15.1. The predicted octanol–water partition coefficient (Wildman–Crippen LogP) is -0.290. The van der Waals surface area contributed by atoms with E-state index in [9.17, 15) is 0 Å². The molecule has 2 N–H and O–H groups in total. The molecule has 1 fully saturated rings. The highest BCUT2D eigenvalue weighted by Gasteiger charge is 2.14. The molecule has 1 aliphatic heterocycles. The first-order valence-electron chi connectivity index (χ1n) is 4.18. The van der Waals surface area contributed by atoms with E-state index in [4.69, 9.17) is 0 Å². The first-order valence-corrected chi connectivity index (χ1v) is 4.18. The van der Waals surface area contributed by atoms with Crippen molar-refractivity contribution in [3.8, 4) is 0 Å². The van der Waals surface area contributed by atoms with Gasteiger partial charge in [0.25, 0.3) is 0 Å². The zero-order valence-electron chi connectivity index (χ0n) is 6.83. The SMILES string of the molecule is c1cnnc(C2CNCCN2)c1. The number of nitrogens with zero attached hydrogens (tertiary/aromatic N) is 2. The summed E-state index contributed by atoms with van der Waals surface area (Å²) in [5.41, 5.74) is 1.02. The second-order valence-electron chi connectivity index (χ2n) is 2.86. The Kier molecular flexibility index (Phi) is 2.29. The monoisotopic (exact) mass is 164 g/mol. The van der Waals surface area contributed by atoms with Gasteiger partial charge in [-0.3, -0.25) is 0 Å². The largest absolute Gasteiger partial charge is 0.314 e. The molecular weight excluding hydrogens is 152 g/mol. The Morgan fingerprint density at radius 1 is 1.42 bits per heavy atom. The molecule has 0 radical (unpaired) electrons. The molecule has 0 spiro atoms. The fourth-order valence-electron chi connectivity index (χ4n) is 1.36. The van der Waals surface area contributed by atoms with Gasteiger partial charge in [0.05, 0.1) is 11.7 Å². The molecule has 2 rings (SSSR count). The molecule has 1 aliphatic rings. The van der Waals surface area contributed by atoms with Gasteiger partial charge in [-0.05, 0) is 12.1 Å². The van der Waals surface area contributed by atoms with Crippen molar-refractivity contribution in [3.05, 3.63) is 24.0 Å². The van der Waals surface area contributed by atoms with Gasteiger partial charge in [-0.2, -0.15) is 10.2 Å². The first-order chi connectivity index (χ1) is 5.97. The van der Waals surface area contributed by atoms with Gasteiger partial charge in [0, 0.05) is 25.8 Å². The third kappa shape index (κ3) is 1.60. The minimum absolute atomic E-state index is 0.326. The Bertz CT molecular complexity index is 230. The molecule has 1 unspecified atom stereocenters. The summed E-state index contributed by atoms with van der Waals surface area (Å²) in [5.74, 6) is 0. The minimum atomic E-state index is 0.326. The third-order valence-corrected chi connectivity index (χ3v) is 1.99. The number of hydrogen-bond donors (Lipinski definition) is 2. The van der Waals surface area contributed by atoms with Crippen LogP contribution in [0.1, 0.15) is 11.7 Å². The molecule has 1 saturated heterocycles. The molecule has 2 heterocycles. The van der Waals surface area contributed by atoms with E-state index in [0.29, 0.717) is 6.04 Å². The van der Waals surface area contributed by atoms with Gasteiger partial charge in [-0.25, -0.2) is 0 Å². The Hall–Kier alpha value is -1.00. The van der Waals surface area contributed by atoms with Gasteiger partial charge in [0.1, 0.15) is 0 Å². The summed E-state index contributed by atoms with van der Waals surface area (Å²) in [6.45, 7) is 2.98. The predicted molar refractivity (Wildman–Crippen MR) is 45.6 cm³/mol. The lowest BCUT2D eigenvalue weighted by molar-refractivity contribution is 0.420. The molecular formula is C8H12N4. The summed E-state index contributed by atoms with van der Waals surface area (Å²) in [7, 11) is 0. The van der Waals surface area contributed by atoms with E-state index in [1.54, 1.807) is 6.20 Å². The molecule has 0 aliphatic carbocycles. The van der Waals surface area contributed by atoms with E-state index in [1.165, 1.54) is 0 Å². The summed E-state index contributed by atoms with van der Waals surface area (Å²) >= 11 is 0. The van der Waals surface area contributed by atoms with E-state index in [0.717, 1.165) is 25.3 Å². The Morgan fingerprint density at radius 3 is 3.08 bits per heavy atom. The number of aromatic nitrogens is 2.